The zero-order valence-electron chi connectivity index (χ0n) is 19.3. The molecule has 176 valence electrons. The molecule has 2 aromatic heterocycles. The Labute approximate surface area is 208 Å². The quantitative estimate of drug-likeness (QED) is 0.390. The predicted molar refractivity (Wildman–Crippen MR) is 140 cm³/mol. The van der Waals surface area contributed by atoms with E-state index in [-0.39, 0.29) is 5.56 Å². The fourth-order valence-electron chi connectivity index (χ4n) is 4.47. The van der Waals surface area contributed by atoms with E-state index in [4.69, 9.17) is 22.3 Å². The maximum Gasteiger partial charge on any atom is 0.267 e. The summed E-state index contributed by atoms with van der Waals surface area (Å²) in [5, 5.41) is 4.11. The average Bonchev–Trinajstić information content (AvgIpc) is 3.38. The van der Waals surface area contributed by atoms with Gasteiger partial charge in [-0.1, -0.05) is 60.5 Å². The molecule has 4 aromatic rings. The summed E-state index contributed by atoms with van der Waals surface area (Å²) in [7, 11) is 0. The molecule has 1 saturated carbocycles. The summed E-state index contributed by atoms with van der Waals surface area (Å²) in [6, 6.07) is 14.2. The minimum atomic E-state index is -0.410. The van der Waals surface area contributed by atoms with Crippen LogP contribution in [0, 0.1) is 17.8 Å². The third-order valence-corrected chi connectivity index (χ3v) is 6.58. The number of rotatable bonds is 4. The van der Waals surface area contributed by atoms with Gasteiger partial charge in [0.25, 0.3) is 5.56 Å². The van der Waals surface area contributed by atoms with Gasteiger partial charge in [-0.05, 0) is 44.0 Å². The zero-order chi connectivity index (χ0) is 24.4. The minimum absolute atomic E-state index is 0.237. The third kappa shape index (κ3) is 4.58. The third-order valence-electron chi connectivity index (χ3n) is 6.26. The van der Waals surface area contributed by atoms with E-state index in [1.165, 1.54) is 19.2 Å². The molecule has 0 radical (unpaired) electrons. The van der Waals surface area contributed by atoms with Crippen molar-refractivity contribution < 1.29 is 0 Å². The van der Waals surface area contributed by atoms with Gasteiger partial charge in [0.05, 0.1) is 27.7 Å². The monoisotopic (exact) mass is 484 g/mol. The molecule has 1 aliphatic rings. The molecule has 8 heteroatoms. The second-order valence-corrected chi connectivity index (χ2v) is 9.09. The zero-order valence-corrected chi connectivity index (χ0v) is 20.1. The molecular weight excluding hydrogens is 460 g/mol. The first kappa shape index (κ1) is 22.9. The van der Waals surface area contributed by atoms with Gasteiger partial charge < -0.3 is 11.1 Å². The number of nitrogens with two attached hydrogens (primary N) is 1. The van der Waals surface area contributed by atoms with Crippen LogP contribution in [0.15, 0.2) is 59.7 Å². The van der Waals surface area contributed by atoms with Gasteiger partial charge in [-0.3, -0.25) is 9.36 Å². The molecule has 0 aliphatic heterocycles. The highest BCUT2D eigenvalue weighted by atomic mass is 35.5. The Morgan fingerprint density at radius 1 is 1.11 bits per heavy atom. The van der Waals surface area contributed by atoms with Crippen LogP contribution in [0.4, 0.5) is 11.6 Å². The highest BCUT2D eigenvalue weighted by Gasteiger charge is 2.21. The number of nitrogens with zero attached hydrogens (tertiary/aromatic N) is 4. The van der Waals surface area contributed by atoms with E-state index in [0.717, 1.165) is 12.8 Å². The van der Waals surface area contributed by atoms with Crippen molar-refractivity contribution in [3.05, 3.63) is 81.6 Å². The number of aromatic nitrogens is 4. The molecule has 3 N–H and O–H groups in total. The van der Waals surface area contributed by atoms with E-state index in [1.54, 1.807) is 22.8 Å². The molecule has 1 aliphatic carbocycles. The number of hydrogen-bond acceptors (Lipinski definition) is 6. The van der Waals surface area contributed by atoms with Crippen molar-refractivity contribution in [2.45, 2.75) is 38.6 Å². The summed E-state index contributed by atoms with van der Waals surface area (Å²) >= 11 is 6.40. The lowest BCUT2D eigenvalue weighted by Crippen LogP contribution is -2.27. The van der Waals surface area contributed by atoms with Crippen LogP contribution in [-0.2, 0) is 0 Å². The normalized spacial score (nSPS) is 14.5. The predicted octanol–water partition coefficient (Wildman–Crippen LogP) is 5.13. The molecule has 1 fully saturated rings. The second-order valence-electron chi connectivity index (χ2n) is 8.68. The van der Waals surface area contributed by atoms with Gasteiger partial charge in [0, 0.05) is 5.92 Å². The number of para-hydroxylation sites is 1. The topological polar surface area (TPSA) is 98.7 Å². The highest BCUT2D eigenvalue weighted by molar-refractivity contribution is 6.35. The summed E-state index contributed by atoms with van der Waals surface area (Å²) in [6.07, 6.45) is 6.02. The number of hydrogen-bond donors (Lipinski definition) is 2. The Hall–Kier alpha value is -3.89. The van der Waals surface area contributed by atoms with Crippen LogP contribution in [0.5, 0.6) is 0 Å². The van der Waals surface area contributed by atoms with Crippen LogP contribution in [0.1, 0.15) is 50.0 Å². The number of benzene rings is 2. The number of nitrogens with one attached hydrogen (secondary N) is 1. The van der Waals surface area contributed by atoms with Gasteiger partial charge in [-0.15, -0.1) is 0 Å². The molecule has 35 heavy (non-hydrogen) atoms. The standard InChI is InChI=1S/C27H25ClN6O/c1-17(32-25-20(24(29)30-16-31-25)15-14-18-8-5-6-9-18)26-33-22-13-7-12-21(28)23(22)27(35)34(26)19-10-3-2-4-11-19/h2-4,7,10-13,16-18H,5-6,8-9H2,1H3,(H3,29,30,31,32). The molecule has 7 nitrogen and oxygen atoms in total. The van der Waals surface area contributed by atoms with E-state index < -0.39 is 6.04 Å². The summed E-state index contributed by atoms with van der Waals surface area (Å²) in [5.41, 5.74) is 7.72. The minimum Gasteiger partial charge on any atom is -0.382 e. The lowest BCUT2D eigenvalue weighted by atomic mass is 10.1. The molecule has 0 bridgehead atoms. The molecule has 0 spiro atoms. The van der Waals surface area contributed by atoms with Gasteiger partial charge in [0.1, 0.15) is 29.4 Å². The summed E-state index contributed by atoms with van der Waals surface area (Å²) in [5.74, 6) is 8.25. The lowest BCUT2D eigenvalue weighted by Gasteiger charge is -2.21. The van der Waals surface area contributed by atoms with Gasteiger partial charge >= 0.3 is 0 Å². The molecule has 2 heterocycles. The Balaban J connectivity index is 1.60. The van der Waals surface area contributed by atoms with Crippen molar-refractivity contribution in [3.8, 4) is 17.5 Å². The van der Waals surface area contributed by atoms with Crippen LogP contribution in [0.25, 0.3) is 16.6 Å². The maximum absolute atomic E-state index is 13.6. The van der Waals surface area contributed by atoms with Crippen LogP contribution < -0.4 is 16.6 Å². The first-order valence-electron chi connectivity index (χ1n) is 11.7. The van der Waals surface area contributed by atoms with Crippen molar-refractivity contribution in [3.63, 3.8) is 0 Å². The number of halogens is 1. The average molecular weight is 485 g/mol. The van der Waals surface area contributed by atoms with Crippen molar-refractivity contribution in [2.24, 2.45) is 5.92 Å². The number of nitrogen functional groups attached to an aromatic ring is 1. The van der Waals surface area contributed by atoms with Gasteiger partial charge in [-0.25, -0.2) is 15.0 Å². The summed E-state index contributed by atoms with van der Waals surface area (Å²) in [4.78, 5) is 27.0. The van der Waals surface area contributed by atoms with Crippen molar-refractivity contribution in [1.82, 2.24) is 19.5 Å². The summed E-state index contributed by atoms with van der Waals surface area (Å²) in [6.45, 7) is 1.92. The molecule has 0 saturated heterocycles. The van der Waals surface area contributed by atoms with Crippen LogP contribution >= 0.6 is 11.6 Å². The SMILES string of the molecule is CC(Nc1ncnc(N)c1C#CC1CCCC1)c1nc2cccc(Cl)c2c(=O)n1-c1ccccc1. The van der Waals surface area contributed by atoms with Gasteiger partial charge in [-0.2, -0.15) is 0 Å². The lowest BCUT2D eigenvalue weighted by molar-refractivity contribution is 0.712. The van der Waals surface area contributed by atoms with Crippen molar-refractivity contribution in [1.29, 1.82) is 0 Å². The Morgan fingerprint density at radius 2 is 1.89 bits per heavy atom. The van der Waals surface area contributed by atoms with Crippen molar-refractivity contribution >= 4 is 34.1 Å². The molecule has 1 atom stereocenters. The Kier molecular flexibility index (Phi) is 6.39. The maximum atomic E-state index is 13.6. The first-order chi connectivity index (χ1) is 17.0. The van der Waals surface area contributed by atoms with E-state index in [1.807, 2.05) is 37.3 Å². The molecular formula is C27H25ClN6O. The van der Waals surface area contributed by atoms with Gasteiger partial charge in [0.15, 0.2) is 0 Å². The van der Waals surface area contributed by atoms with Crippen molar-refractivity contribution in [2.75, 3.05) is 11.1 Å². The molecule has 1 unspecified atom stereocenters. The fourth-order valence-corrected chi connectivity index (χ4v) is 4.72. The Bertz CT molecular complexity index is 1500. The first-order valence-corrected chi connectivity index (χ1v) is 12.1. The van der Waals surface area contributed by atoms with E-state index in [2.05, 4.69) is 27.1 Å². The Morgan fingerprint density at radius 3 is 2.66 bits per heavy atom. The number of anilines is 2. The largest absolute Gasteiger partial charge is 0.382 e. The van der Waals surface area contributed by atoms with Crippen LogP contribution in [0.3, 0.4) is 0 Å². The molecule has 5 rings (SSSR count). The highest BCUT2D eigenvalue weighted by Crippen LogP contribution is 2.27. The smallest absolute Gasteiger partial charge is 0.267 e. The molecule has 2 aromatic carbocycles. The van der Waals surface area contributed by atoms with Crippen LogP contribution in [-0.4, -0.2) is 19.5 Å². The second kappa shape index (κ2) is 9.77. The van der Waals surface area contributed by atoms with Gasteiger partial charge in [0.2, 0.25) is 0 Å². The van der Waals surface area contributed by atoms with E-state index in [0.29, 0.717) is 50.6 Å². The van der Waals surface area contributed by atoms with E-state index >= 15 is 0 Å². The van der Waals surface area contributed by atoms with E-state index in [9.17, 15) is 4.79 Å². The summed E-state index contributed by atoms with van der Waals surface area (Å²) < 4.78 is 1.58. The molecule has 0 amide bonds. The van der Waals surface area contributed by atoms with Crippen LogP contribution in [0.2, 0.25) is 5.02 Å². The number of fused-ring (bicyclic) bond motifs is 1. The fraction of sp³-hybridized carbons (Fsp3) is 0.259.